The normalized spacial score (nSPS) is 10.2. The lowest BCUT2D eigenvalue weighted by molar-refractivity contribution is 0.512. The molecular weight excluding hydrogens is 245 g/mol. The third kappa shape index (κ3) is 2.91. The van der Waals surface area contributed by atoms with Gasteiger partial charge in [0.15, 0.2) is 5.89 Å². The summed E-state index contributed by atoms with van der Waals surface area (Å²) >= 11 is 0. The number of hydrogen-bond donors (Lipinski definition) is 1. The molecule has 1 aromatic carbocycles. The average molecular weight is 259 g/mol. The van der Waals surface area contributed by atoms with E-state index in [1.807, 2.05) is 19.9 Å². The van der Waals surface area contributed by atoms with E-state index in [0.717, 1.165) is 11.1 Å². The number of nitrogens with zero attached hydrogens (tertiary/aromatic N) is 2. The zero-order chi connectivity index (χ0) is 13.8. The van der Waals surface area contributed by atoms with Crippen molar-refractivity contribution < 1.29 is 8.81 Å². The number of aromatic nitrogens is 1. The summed E-state index contributed by atoms with van der Waals surface area (Å²) in [5.74, 6) is 0.563. The van der Waals surface area contributed by atoms with Gasteiger partial charge >= 0.3 is 0 Å². The molecule has 0 spiro atoms. The zero-order valence-corrected chi connectivity index (χ0v) is 10.8. The van der Waals surface area contributed by atoms with Crippen LogP contribution in [0.15, 0.2) is 22.6 Å². The molecule has 1 aromatic heterocycles. The molecule has 0 unspecified atom stereocenters. The van der Waals surface area contributed by atoms with Crippen LogP contribution in [0.25, 0.3) is 0 Å². The molecule has 98 valence electrons. The highest BCUT2D eigenvalue weighted by molar-refractivity contribution is 5.46. The second kappa shape index (κ2) is 5.53. The number of hydrogen-bond acceptors (Lipinski definition) is 4. The molecule has 0 aliphatic carbocycles. The smallest absolute Gasteiger partial charge is 0.232 e. The minimum atomic E-state index is -0.283. The van der Waals surface area contributed by atoms with Gasteiger partial charge < -0.3 is 9.73 Å². The van der Waals surface area contributed by atoms with Crippen molar-refractivity contribution in [3.63, 3.8) is 0 Å². The molecule has 2 aromatic rings. The molecule has 1 heterocycles. The first-order valence-electron chi connectivity index (χ1n) is 6.02. The minimum absolute atomic E-state index is 0.228. The monoisotopic (exact) mass is 259 g/mol. The summed E-state index contributed by atoms with van der Waals surface area (Å²) in [6, 6.07) is 6.57. The van der Waals surface area contributed by atoms with Gasteiger partial charge in [-0.3, -0.25) is 0 Å². The molecule has 5 heteroatoms. The van der Waals surface area contributed by atoms with Crippen molar-refractivity contribution >= 4 is 5.88 Å². The predicted molar refractivity (Wildman–Crippen MR) is 69.1 cm³/mol. The first-order chi connectivity index (χ1) is 9.13. The number of benzene rings is 1. The number of oxazole rings is 1. The summed E-state index contributed by atoms with van der Waals surface area (Å²) in [5, 5.41) is 11.9. The molecule has 0 radical (unpaired) electrons. The number of rotatable bonds is 4. The number of anilines is 1. The molecule has 0 amide bonds. The highest BCUT2D eigenvalue weighted by Gasteiger charge is 2.11. The summed E-state index contributed by atoms with van der Waals surface area (Å²) in [7, 11) is 0. The summed E-state index contributed by atoms with van der Waals surface area (Å²) in [4.78, 5) is 4.04. The van der Waals surface area contributed by atoms with Gasteiger partial charge in [0.25, 0.3) is 0 Å². The van der Waals surface area contributed by atoms with Crippen LogP contribution in [0.5, 0.6) is 0 Å². The van der Waals surface area contributed by atoms with Gasteiger partial charge in [-0.15, -0.1) is 0 Å². The molecule has 0 saturated carbocycles. The fourth-order valence-electron chi connectivity index (χ4n) is 1.72. The van der Waals surface area contributed by atoms with Gasteiger partial charge in [-0.1, -0.05) is 13.0 Å². The summed E-state index contributed by atoms with van der Waals surface area (Å²) in [6.45, 7) is 4.18. The maximum Gasteiger partial charge on any atom is 0.232 e. The SMILES string of the molecule is CCc1nc(C#N)c(NCc2cc(F)ccc2C)o1. The van der Waals surface area contributed by atoms with Gasteiger partial charge in [-0.05, 0) is 30.2 Å². The maximum absolute atomic E-state index is 13.2. The van der Waals surface area contributed by atoms with Crippen LogP contribution in [0, 0.1) is 24.1 Å². The summed E-state index contributed by atoms with van der Waals surface area (Å²) in [6.07, 6.45) is 0.620. The molecule has 0 aliphatic heterocycles. The van der Waals surface area contributed by atoms with Gasteiger partial charge in [0.05, 0.1) is 0 Å². The van der Waals surface area contributed by atoms with Crippen LogP contribution in [-0.2, 0) is 13.0 Å². The Bertz CT molecular complexity index is 628. The van der Waals surface area contributed by atoms with E-state index in [0.29, 0.717) is 24.7 Å². The number of aryl methyl sites for hydroxylation is 2. The van der Waals surface area contributed by atoms with E-state index in [-0.39, 0.29) is 11.5 Å². The van der Waals surface area contributed by atoms with Crippen LogP contribution in [-0.4, -0.2) is 4.98 Å². The summed E-state index contributed by atoms with van der Waals surface area (Å²) in [5.41, 5.74) is 2.02. The van der Waals surface area contributed by atoms with Crippen LogP contribution in [0.1, 0.15) is 29.6 Å². The fraction of sp³-hybridized carbons (Fsp3) is 0.286. The Labute approximate surface area is 110 Å². The van der Waals surface area contributed by atoms with Gasteiger partial charge in [0, 0.05) is 13.0 Å². The van der Waals surface area contributed by atoms with Crippen molar-refractivity contribution in [2.45, 2.75) is 26.8 Å². The molecule has 0 fully saturated rings. The second-order valence-corrected chi connectivity index (χ2v) is 4.18. The van der Waals surface area contributed by atoms with Gasteiger partial charge in [0.2, 0.25) is 11.6 Å². The third-order valence-electron chi connectivity index (χ3n) is 2.83. The molecule has 0 saturated heterocycles. The number of nitriles is 1. The number of nitrogens with one attached hydrogen (secondary N) is 1. The first kappa shape index (κ1) is 13.1. The third-order valence-corrected chi connectivity index (χ3v) is 2.83. The summed E-state index contributed by atoms with van der Waals surface area (Å²) < 4.78 is 18.6. The molecule has 0 bridgehead atoms. The Kier molecular flexibility index (Phi) is 3.81. The van der Waals surface area contributed by atoms with Crippen molar-refractivity contribution in [1.82, 2.24) is 4.98 Å². The highest BCUT2D eigenvalue weighted by atomic mass is 19.1. The van der Waals surface area contributed by atoms with Crippen molar-refractivity contribution in [3.8, 4) is 6.07 Å². The quantitative estimate of drug-likeness (QED) is 0.916. The second-order valence-electron chi connectivity index (χ2n) is 4.18. The number of halogens is 1. The van der Waals surface area contributed by atoms with E-state index in [1.165, 1.54) is 12.1 Å². The lowest BCUT2D eigenvalue weighted by atomic mass is 10.1. The van der Waals surface area contributed by atoms with Crippen molar-refractivity contribution in [1.29, 1.82) is 5.26 Å². The largest absolute Gasteiger partial charge is 0.424 e. The molecule has 2 rings (SSSR count). The maximum atomic E-state index is 13.2. The molecule has 19 heavy (non-hydrogen) atoms. The molecule has 1 N–H and O–H groups in total. The van der Waals surface area contributed by atoms with E-state index >= 15 is 0 Å². The zero-order valence-electron chi connectivity index (χ0n) is 10.8. The molecular formula is C14H14FN3O. The lowest BCUT2D eigenvalue weighted by Crippen LogP contribution is -2.02. The van der Waals surface area contributed by atoms with Gasteiger partial charge in [0.1, 0.15) is 11.9 Å². The minimum Gasteiger partial charge on any atom is -0.424 e. The Morgan fingerprint density at radius 3 is 2.95 bits per heavy atom. The first-order valence-corrected chi connectivity index (χ1v) is 6.02. The van der Waals surface area contributed by atoms with Crippen molar-refractivity contribution in [3.05, 3.63) is 46.7 Å². The molecule has 4 nitrogen and oxygen atoms in total. The van der Waals surface area contributed by atoms with E-state index < -0.39 is 0 Å². The van der Waals surface area contributed by atoms with Crippen molar-refractivity contribution in [2.75, 3.05) is 5.32 Å². The van der Waals surface area contributed by atoms with Crippen LogP contribution in [0.3, 0.4) is 0 Å². The topological polar surface area (TPSA) is 61.9 Å². The van der Waals surface area contributed by atoms with Crippen LogP contribution < -0.4 is 5.32 Å². The van der Waals surface area contributed by atoms with E-state index in [1.54, 1.807) is 6.07 Å². The Balaban J connectivity index is 2.16. The van der Waals surface area contributed by atoms with Gasteiger partial charge in [-0.25, -0.2) is 9.37 Å². The standard InChI is InChI=1S/C14H14FN3O/c1-3-13-18-12(7-16)14(19-13)17-8-10-6-11(15)5-4-9(10)2/h4-6,17H,3,8H2,1-2H3. The lowest BCUT2D eigenvalue weighted by Gasteiger charge is -2.06. The highest BCUT2D eigenvalue weighted by Crippen LogP contribution is 2.19. The average Bonchev–Trinajstić information content (AvgIpc) is 2.82. The Morgan fingerprint density at radius 1 is 1.47 bits per heavy atom. The Morgan fingerprint density at radius 2 is 2.26 bits per heavy atom. The fourth-order valence-corrected chi connectivity index (χ4v) is 1.72. The van der Waals surface area contributed by atoms with Gasteiger partial charge in [-0.2, -0.15) is 5.26 Å². The van der Waals surface area contributed by atoms with Crippen LogP contribution >= 0.6 is 0 Å². The van der Waals surface area contributed by atoms with E-state index in [9.17, 15) is 4.39 Å². The Hall–Kier alpha value is -2.35. The molecule has 0 atom stereocenters. The van der Waals surface area contributed by atoms with Crippen LogP contribution in [0.4, 0.5) is 10.3 Å². The van der Waals surface area contributed by atoms with E-state index in [2.05, 4.69) is 10.3 Å². The van der Waals surface area contributed by atoms with E-state index in [4.69, 9.17) is 9.68 Å². The predicted octanol–water partition coefficient (Wildman–Crippen LogP) is 3.17. The van der Waals surface area contributed by atoms with Crippen molar-refractivity contribution in [2.24, 2.45) is 0 Å². The molecule has 0 aliphatic rings. The van der Waals surface area contributed by atoms with Crippen LogP contribution in [0.2, 0.25) is 0 Å².